The van der Waals surface area contributed by atoms with Gasteiger partial charge in [-0.3, -0.25) is 14.9 Å². The second-order valence-corrected chi connectivity index (χ2v) is 6.71. The van der Waals surface area contributed by atoms with Crippen molar-refractivity contribution in [3.8, 4) is 11.5 Å². The van der Waals surface area contributed by atoms with Gasteiger partial charge >= 0.3 is 5.97 Å². The van der Waals surface area contributed by atoms with Crippen LogP contribution in [0.4, 0.5) is 5.69 Å². The van der Waals surface area contributed by atoms with Crippen LogP contribution >= 0.6 is 0 Å². The lowest BCUT2D eigenvalue weighted by atomic mass is 10.1. The Morgan fingerprint density at radius 2 is 1.82 bits per heavy atom. The average Bonchev–Trinajstić information content (AvgIpc) is 2.83. The Morgan fingerprint density at radius 1 is 1.06 bits per heavy atom. The molecule has 0 spiro atoms. The molecule has 10 heteroatoms. The fourth-order valence-electron chi connectivity index (χ4n) is 2.78. The summed E-state index contributed by atoms with van der Waals surface area (Å²) in [6.07, 6.45) is 1.40. The van der Waals surface area contributed by atoms with E-state index in [9.17, 15) is 19.7 Å². The number of hydrogen-bond acceptors (Lipinski definition) is 7. The number of hydrogen-bond donors (Lipinski definition) is 2. The molecule has 33 heavy (non-hydrogen) atoms. The molecule has 0 heterocycles. The van der Waals surface area contributed by atoms with E-state index in [1.807, 2.05) is 0 Å². The van der Waals surface area contributed by atoms with Gasteiger partial charge in [0.2, 0.25) is 0 Å². The number of rotatable bonds is 9. The minimum atomic E-state index is -0.998. The summed E-state index contributed by atoms with van der Waals surface area (Å²) in [4.78, 5) is 33.3. The molecule has 3 aromatic carbocycles. The number of carbonyl (C=O) groups excluding carboxylic acids is 1. The smallest absolute Gasteiger partial charge is 0.335 e. The molecule has 0 atom stereocenters. The lowest BCUT2D eigenvalue weighted by Crippen LogP contribution is -2.17. The molecule has 0 aliphatic rings. The van der Waals surface area contributed by atoms with Gasteiger partial charge in [-0.1, -0.05) is 18.2 Å². The normalized spacial score (nSPS) is 10.6. The zero-order valence-electron chi connectivity index (χ0n) is 17.4. The van der Waals surface area contributed by atoms with Crippen LogP contribution in [0.2, 0.25) is 0 Å². The van der Waals surface area contributed by atoms with Crippen molar-refractivity contribution in [3.63, 3.8) is 0 Å². The maximum Gasteiger partial charge on any atom is 0.335 e. The van der Waals surface area contributed by atoms with E-state index in [-0.39, 0.29) is 23.4 Å². The highest BCUT2D eigenvalue weighted by molar-refractivity contribution is 5.95. The molecule has 168 valence electrons. The Labute approximate surface area is 188 Å². The highest BCUT2D eigenvalue weighted by Gasteiger charge is 2.11. The number of nitro benzene ring substituents is 1. The van der Waals surface area contributed by atoms with E-state index < -0.39 is 16.8 Å². The van der Waals surface area contributed by atoms with Gasteiger partial charge in [-0.2, -0.15) is 5.10 Å². The van der Waals surface area contributed by atoms with Crippen molar-refractivity contribution in [2.45, 2.75) is 6.61 Å². The molecule has 0 unspecified atom stereocenters. The molecule has 0 aliphatic heterocycles. The predicted octanol–water partition coefficient (Wildman–Crippen LogP) is 3.64. The SMILES string of the molecule is COc1cc(/C=N\NC(=O)c2cccc([N+](=O)[O-])c2)ccc1OCc1ccc(C(=O)O)cc1. The number of carboxylic acid groups (broad SMARTS) is 1. The summed E-state index contributed by atoms with van der Waals surface area (Å²) < 4.78 is 11.1. The first-order valence-electron chi connectivity index (χ1n) is 9.58. The molecular weight excluding hydrogens is 430 g/mol. The van der Waals surface area contributed by atoms with Gasteiger partial charge in [0.05, 0.1) is 23.8 Å². The van der Waals surface area contributed by atoms with E-state index in [0.29, 0.717) is 17.1 Å². The number of nitro groups is 1. The summed E-state index contributed by atoms with van der Waals surface area (Å²) in [5.41, 5.74) is 3.83. The van der Waals surface area contributed by atoms with Crippen LogP contribution in [0.15, 0.2) is 71.8 Å². The predicted molar refractivity (Wildman–Crippen MR) is 119 cm³/mol. The summed E-state index contributed by atoms with van der Waals surface area (Å²) in [7, 11) is 1.48. The number of nitrogens with zero attached hydrogens (tertiary/aromatic N) is 2. The van der Waals surface area contributed by atoms with Crippen LogP contribution in [0, 0.1) is 10.1 Å². The molecule has 3 rings (SSSR count). The minimum absolute atomic E-state index is 0.110. The number of nitrogens with one attached hydrogen (secondary N) is 1. The number of non-ortho nitro benzene ring substituents is 1. The zero-order valence-corrected chi connectivity index (χ0v) is 17.4. The van der Waals surface area contributed by atoms with Crippen LogP contribution in [0.25, 0.3) is 0 Å². The van der Waals surface area contributed by atoms with Crippen molar-refractivity contribution in [3.05, 3.63) is 99.1 Å². The first kappa shape index (κ1) is 22.9. The summed E-state index contributed by atoms with van der Waals surface area (Å²) >= 11 is 0. The minimum Gasteiger partial charge on any atom is -0.493 e. The molecule has 0 aliphatic carbocycles. The maximum atomic E-state index is 12.1. The Kier molecular flexibility index (Phi) is 7.32. The van der Waals surface area contributed by atoms with Crippen LogP contribution in [0.1, 0.15) is 31.8 Å². The molecule has 3 aromatic rings. The van der Waals surface area contributed by atoms with Crippen LogP contribution in [0.3, 0.4) is 0 Å². The number of methoxy groups -OCH3 is 1. The van der Waals surface area contributed by atoms with Crippen molar-refractivity contribution in [2.75, 3.05) is 7.11 Å². The first-order valence-corrected chi connectivity index (χ1v) is 9.58. The van der Waals surface area contributed by atoms with Gasteiger partial charge in [0.15, 0.2) is 11.5 Å². The molecule has 0 fully saturated rings. The highest BCUT2D eigenvalue weighted by atomic mass is 16.6. The Balaban J connectivity index is 1.62. The van der Waals surface area contributed by atoms with Gasteiger partial charge in [-0.25, -0.2) is 10.2 Å². The van der Waals surface area contributed by atoms with E-state index in [1.165, 1.54) is 43.7 Å². The largest absolute Gasteiger partial charge is 0.493 e. The number of hydrazone groups is 1. The van der Waals surface area contributed by atoms with Crippen molar-refractivity contribution >= 4 is 23.8 Å². The molecule has 2 N–H and O–H groups in total. The molecule has 1 amide bonds. The second kappa shape index (κ2) is 10.5. The second-order valence-electron chi connectivity index (χ2n) is 6.71. The summed E-state index contributed by atoms with van der Waals surface area (Å²) in [5, 5.41) is 23.7. The van der Waals surface area contributed by atoms with Crippen LogP contribution in [0.5, 0.6) is 11.5 Å². The van der Waals surface area contributed by atoms with Gasteiger partial charge in [0.1, 0.15) is 6.61 Å². The van der Waals surface area contributed by atoms with Crippen molar-refractivity contribution in [2.24, 2.45) is 5.10 Å². The number of benzene rings is 3. The molecule has 0 radical (unpaired) electrons. The number of amides is 1. The zero-order chi connectivity index (χ0) is 23.8. The van der Waals surface area contributed by atoms with Gasteiger partial charge in [0.25, 0.3) is 11.6 Å². The van der Waals surface area contributed by atoms with E-state index >= 15 is 0 Å². The fourth-order valence-corrected chi connectivity index (χ4v) is 2.78. The molecule has 0 saturated heterocycles. The monoisotopic (exact) mass is 449 g/mol. The number of ether oxygens (including phenoxy) is 2. The maximum absolute atomic E-state index is 12.1. The molecule has 0 aromatic heterocycles. The molecular formula is C23H19N3O7. The lowest BCUT2D eigenvalue weighted by Gasteiger charge is -2.11. The third kappa shape index (κ3) is 6.14. The van der Waals surface area contributed by atoms with E-state index in [1.54, 1.807) is 30.3 Å². The van der Waals surface area contributed by atoms with Gasteiger partial charge in [-0.05, 0) is 47.5 Å². The Hall–Kier alpha value is -4.73. The van der Waals surface area contributed by atoms with Crippen LogP contribution in [-0.4, -0.2) is 35.2 Å². The van der Waals surface area contributed by atoms with Gasteiger partial charge < -0.3 is 14.6 Å². The number of carboxylic acids is 1. The molecule has 0 saturated carbocycles. The van der Waals surface area contributed by atoms with E-state index in [0.717, 1.165) is 11.6 Å². The topological polar surface area (TPSA) is 140 Å². The summed E-state index contributed by atoms with van der Waals surface area (Å²) in [5.74, 6) is -0.679. The summed E-state index contributed by atoms with van der Waals surface area (Å²) in [6, 6.07) is 16.7. The number of carbonyl (C=O) groups is 2. The molecule has 0 bridgehead atoms. The third-order valence-corrected chi connectivity index (χ3v) is 4.48. The van der Waals surface area contributed by atoms with Crippen LogP contribution < -0.4 is 14.9 Å². The Morgan fingerprint density at radius 3 is 2.48 bits per heavy atom. The van der Waals surface area contributed by atoms with Gasteiger partial charge in [-0.15, -0.1) is 0 Å². The standard InChI is InChI=1S/C23H19N3O7/c1-32-21-11-16(13-24-25-22(27)18-3-2-4-19(12-18)26(30)31)7-10-20(21)33-14-15-5-8-17(9-6-15)23(28)29/h2-13H,14H2,1H3,(H,25,27)(H,28,29)/b24-13-. The Bertz CT molecular complexity index is 1210. The van der Waals surface area contributed by atoms with Crippen molar-refractivity contribution in [1.29, 1.82) is 0 Å². The number of aromatic carboxylic acids is 1. The highest BCUT2D eigenvalue weighted by Crippen LogP contribution is 2.28. The first-order chi connectivity index (χ1) is 15.9. The third-order valence-electron chi connectivity index (χ3n) is 4.48. The average molecular weight is 449 g/mol. The van der Waals surface area contributed by atoms with Crippen molar-refractivity contribution in [1.82, 2.24) is 5.43 Å². The van der Waals surface area contributed by atoms with E-state index in [2.05, 4.69) is 10.5 Å². The van der Waals surface area contributed by atoms with E-state index in [4.69, 9.17) is 14.6 Å². The van der Waals surface area contributed by atoms with Crippen molar-refractivity contribution < 1.29 is 29.1 Å². The fraction of sp³-hybridized carbons (Fsp3) is 0.0870. The summed E-state index contributed by atoms with van der Waals surface area (Å²) in [6.45, 7) is 0.211. The van der Waals surface area contributed by atoms with Gasteiger partial charge in [0, 0.05) is 17.7 Å². The van der Waals surface area contributed by atoms with Crippen LogP contribution in [-0.2, 0) is 6.61 Å². The quantitative estimate of drug-likeness (QED) is 0.289. The lowest BCUT2D eigenvalue weighted by molar-refractivity contribution is -0.384. The molecule has 10 nitrogen and oxygen atoms in total.